The molecule has 0 bridgehead atoms. The molecular weight excluding hydrogens is 687 g/mol. The van der Waals surface area contributed by atoms with E-state index in [0.29, 0.717) is 17.5 Å². The fourth-order valence-electron chi connectivity index (χ4n) is 7.54. The predicted octanol–water partition coefficient (Wildman–Crippen LogP) is 15.5. The maximum Gasteiger partial charge on any atom is 0.00809 e. The van der Waals surface area contributed by atoms with Gasteiger partial charge in [0, 0.05) is 17.5 Å². The highest BCUT2D eigenvalue weighted by atomic mass is 31.1. The highest BCUT2D eigenvalue weighted by Crippen LogP contribution is 2.55. The molecule has 0 nitrogen and oxygen atoms in total. The highest BCUT2D eigenvalue weighted by molar-refractivity contribution is 7.62. The second-order valence-electron chi connectivity index (χ2n) is 14.8. The molecule has 5 rings (SSSR count). The lowest BCUT2D eigenvalue weighted by Gasteiger charge is -2.35. The van der Waals surface area contributed by atoms with Crippen LogP contribution in [0.4, 0.5) is 0 Å². The Morgan fingerprint density at radius 1 is 0.759 bits per heavy atom. The first-order valence-electron chi connectivity index (χ1n) is 20.7. The summed E-state index contributed by atoms with van der Waals surface area (Å²) in [7, 11) is -0.399. The number of allylic oxidation sites excluding steroid dienone is 24. The van der Waals surface area contributed by atoms with Crippen LogP contribution in [0, 0.1) is 11.8 Å². The first-order valence-corrected chi connectivity index (χ1v) is 24.4. The van der Waals surface area contributed by atoms with Gasteiger partial charge < -0.3 is 0 Å². The van der Waals surface area contributed by atoms with Crippen molar-refractivity contribution in [3.8, 4) is 0 Å². The maximum atomic E-state index is 2.68. The Morgan fingerprint density at radius 3 is 2.37 bits per heavy atom. The predicted molar refractivity (Wildman–Crippen MR) is 248 cm³/mol. The van der Waals surface area contributed by atoms with E-state index in [0.717, 1.165) is 19.3 Å². The van der Waals surface area contributed by atoms with Gasteiger partial charge in [-0.3, -0.25) is 0 Å². The van der Waals surface area contributed by atoms with Crippen molar-refractivity contribution in [3.05, 3.63) is 192 Å². The van der Waals surface area contributed by atoms with Crippen LogP contribution in [0.15, 0.2) is 187 Å². The molecule has 2 aromatic rings. The van der Waals surface area contributed by atoms with E-state index in [1.54, 1.807) is 5.57 Å². The monoisotopic (exact) mass is 750 g/mol. The van der Waals surface area contributed by atoms with Gasteiger partial charge in [0.25, 0.3) is 0 Å². The van der Waals surface area contributed by atoms with Crippen molar-refractivity contribution >= 4 is 26.6 Å². The first-order chi connectivity index (χ1) is 26.7. The minimum atomic E-state index is -0.244. The van der Waals surface area contributed by atoms with Crippen LogP contribution in [-0.2, 0) is 6.16 Å². The number of benzene rings is 2. The molecule has 2 aromatic carbocycles. The second-order valence-corrected chi connectivity index (χ2v) is 19.9. The summed E-state index contributed by atoms with van der Waals surface area (Å²) in [5.41, 5.74) is 6.73. The molecule has 282 valence electrons. The maximum absolute atomic E-state index is 2.68. The number of rotatable bonds is 19. The molecule has 0 fully saturated rings. The van der Waals surface area contributed by atoms with Gasteiger partial charge in [-0.2, -0.15) is 0 Å². The fraction of sp³-hybridized carbons (Fsp3) is 0.346. The van der Waals surface area contributed by atoms with Crippen molar-refractivity contribution in [1.82, 2.24) is 0 Å². The number of fused-ring (bicyclic) bond motifs is 2. The van der Waals surface area contributed by atoms with Crippen molar-refractivity contribution in [2.75, 3.05) is 24.6 Å². The van der Waals surface area contributed by atoms with E-state index in [1.165, 1.54) is 84.0 Å². The largest absolute Gasteiger partial charge is 0.105 e. The summed E-state index contributed by atoms with van der Waals surface area (Å²) in [5.74, 6) is 0.989. The van der Waals surface area contributed by atoms with E-state index in [1.807, 2.05) is 0 Å². The molecule has 0 aliphatic heterocycles. The highest BCUT2D eigenvalue weighted by Gasteiger charge is 2.30. The summed E-state index contributed by atoms with van der Waals surface area (Å²) in [6.45, 7) is 6.82. The molecule has 2 heteroatoms. The molecule has 0 aromatic heterocycles. The molecule has 3 aliphatic carbocycles. The van der Waals surface area contributed by atoms with E-state index < -0.39 is 0 Å². The summed E-state index contributed by atoms with van der Waals surface area (Å²) < 4.78 is 0. The molecule has 0 heterocycles. The van der Waals surface area contributed by atoms with Crippen LogP contribution in [0.2, 0.25) is 0 Å². The zero-order valence-electron chi connectivity index (χ0n) is 33.3. The minimum absolute atomic E-state index is 0.155. The molecule has 2 unspecified atom stereocenters. The molecule has 54 heavy (non-hydrogen) atoms. The average molecular weight is 751 g/mol. The van der Waals surface area contributed by atoms with Gasteiger partial charge in [0.05, 0.1) is 0 Å². The second kappa shape index (κ2) is 24.1. The zero-order valence-corrected chi connectivity index (χ0v) is 35.1. The van der Waals surface area contributed by atoms with Crippen LogP contribution in [0.25, 0.3) is 10.8 Å². The summed E-state index contributed by atoms with van der Waals surface area (Å²) in [6, 6.07) is 16.2. The summed E-state index contributed by atoms with van der Waals surface area (Å²) >= 11 is 0. The van der Waals surface area contributed by atoms with Crippen molar-refractivity contribution in [1.29, 1.82) is 0 Å². The smallest absolute Gasteiger partial charge is 0.00809 e. The molecule has 0 saturated heterocycles. The molecular formula is C52H64P2. The first kappa shape index (κ1) is 41.6. The lowest BCUT2D eigenvalue weighted by atomic mass is 9.82. The Morgan fingerprint density at radius 2 is 1.52 bits per heavy atom. The van der Waals surface area contributed by atoms with Crippen molar-refractivity contribution < 1.29 is 0 Å². The van der Waals surface area contributed by atoms with Crippen LogP contribution in [0.1, 0.15) is 71.3 Å². The summed E-state index contributed by atoms with van der Waals surface area (Å²) in [6.07, 6.45) is 63.1. The quantitative estimate of drug-likeness (QED) is 0.0991. The van der Waals surface area contributed by atoms with E-state index in [4.69, 9.17) is 0 Å². The summed E-state index contributed by atoms with van der Waals surface area (Å²) in [5, 5.41) is 2.72. The van der Waals surface area contributed by atoms with Crippen molar-refractivity contribution in [2.24, 2.45) is 11.8 Å². The van der Waals surface area contributed by atoms with Gasteiger partial charge in [0.1, 0.15) is 0 Å². The molecule has 3 aliphatic rings. The zero-order chi connectivity index (χ0) is 37.6. The lowest BCUT2D eigenvalue weighted by Crippen LogP contribution is -2.22. The van der Waals surface area contributed by atoms with Gasteiger partial charge in [-0.05, 0) is 103 Å². The van der Waals surface area contributed by atoms with Gasteiger partial charge in [0.2, 0.25) is 0 Å². The Balaban J connectivity index is 1.46. The average Bonchev–Trinajstić information content (AvgIpc) is 3.21. The molecule has 0 N–H and O–H groups in total. The number of unbranched alkanes of at least 4 members (excludes halogenated alkanes) is 2. The lowest BCUT2D eigenvalue weighted by molar-refractivity contribution is 0.651. The van der Waals surface area contributed by atoms with Gasteiger partial charge in [-0.25, -0.2) is 0 Å². The minimum Gasteiger partial charge on any atom is -0.105 e. The molecule has 0 amide bonds. The normalized spacial score (nSPS) is 23.3. The van der Waals surface area contributed by atoms with E-state index in [9.17, 15) is 0 Å². The van der Waals surface area contributed by atoms with E-state index in [-0.39, 0.29) is 15.8 Å². The van der Waals surface area contributed by atoms with Crippen LogP contribution >= 0.6 is 15.8 Å². The van der Waals surface area contributed by atoms with E-state index >= 15 is 0 Å². The third-order valence-corrected chi connectivity index (χ3v) is 16.7. The molecule has 0 saturated carbocycles. The number of hydrogen-bond donors (Lipinski definition) is 0. The van der Waals surface area contributed by atoms with Crippen molar-refractivity contribution in [2.45, 2.75) is 77.5 Å². The Hall–Kier alpha value is -3.56. The standard InChI is InChI=1S/C52H64P2/c1-4-7-10-11-15-20-27-48(45-25-18-16-13-12-14-17-19-26-45)36-39-53(37-8-5-2)43-52(51-35-34-47-29-22-24-31-50(47)41-51)54(38-9-6-3)42-44-32-33-46-28-21-23-30-49(46)40-44/h4,7,10-13,15-24,26-35,40-41,47,50,52H,5-6,8-9,14,25,36-39,42-43H2,1-3H3/b7-4+,11-10-,13-12-,18-16-,19-17-,20-15-,45-26+,48-27-/t47?,50?,52-,53-,54-/m0/s1. The topological polar surface area (TPSA) is 0 Å². The Bertz CT molecular complexity index is 1830. The van der Waals surface area contributed by atoms with Gasteiger partial charge >= 0.3 is 0 Å². The Labute approximate surface area is 331 Å². The molecule has 0 radical (unpaired) electrons. The van der Waals surface area contributed by atoms with E-state index in [2.05, 4.69) is 191 Å². The van der Waals surface area contributed by atoms with Gasteiger partial charge in [-0.1, -0.05) is 205 Å². The van der Waals surface area contributed by atoms with Crippen molar-refractivity contribution in [3.63, 3.8) is 0 Å². The van der Waals surface area contributed by atoms with Crippen LogP contribution in [-0.4, -0.2) is 30.3 Å². The Kier molecular flexibility index (Phi) is 18.5. The fourth-order valence-corrected chi connectivity index (χ4v) is 14.4. The summed E-state index contributed by atoms with van der Waals surface area (Å²) in [4.78, 5) is 0. The SMILES string of the molecule is C/C=C/C=C\C=C/C=C(CC[P@](CCCC)C[C@@H](C1=CC2C=CC=CC2C=C1)[P@@](CCCC)Cc1ccc2ccccc2c1)\C1=C\C=C/C/C=C\C=C/C1. The van der Waals surface area contributed by atoms with Crippen LogP contribution < -0.4 is 0 Å². The number of hydrogen-bond acceptors (Lipinski definition) is 0. The van der Waals surface area contributed by atoms with Crippen LogP contribution in [0.3, 0.4) is 0 Å². The van der Waals surface area contributed by atoms with Gasteiger partial charge in [0.15, 0.2) is 0 Å². The molecule has 0 spiro atoms. The van der Waals surface area contributed by atoms with Crippen LogP contribution in [0.5, 0.6) is 0 Å². The van der Waals surface area contributed by atoms with Gasteiger partial charge in [-0.15, -0.1) is 7.92 Å². The third-order valence-electron chi connectivity index (χ3n) is 10.7. The molecule has 5 atom stereocenters. The third kappa shape index (κ3) is 13.6.